The molecule has 1 atom stereocenters. The van der Waals surface area contributed by atoms with Crippen LogP contribution in [-0.4, -0.2) is 12.5 Å². The summed E-state index contributed by atoms with van der Waals surface area (Å²) >= 11 is 0. The van der Waals surface area contributed by atoms with Gasteiger partial charge in [0.1, 0.15) is 0 Å². The van der Waals surface area contributed by atoms with Gasteiger partial charge in [-0.2, -0.15) is 13.2 Å². The number of carbonyl (C=O) groups is 1. The Labute approximate surface area is 110 Å². The average Bonchev–Trinajstić information content (AvgIpc) is 2.37. The lowest BCUT2D eigenvalue weighted by Crippen LogP contribution is -2.39. The van der Waals surface area contributed by atoms with Gasteiger partial charge in [-0.3, -0.25) is 4.79 Å². The molecule has 106 valence electrons. The number of halogens is 3. The molecule has 0 heterocycles. The summed E-state index contributed by atoms with van der Waals surface area (Å²) in [7, 11) is 0. The number of benzene rings is 1. The normalized spacial score (nSPS) is 14.8. The summed E-state index contributed by atoms with van der Waals surface area (Å²) in [6, 6.07) is 4.53. The molecule has 0 aliphatic rings. The van der Waals surface area contributed by atoms with E-state index in [-0.39, 0.29) is 18.1 Å². The van der Waals surface area contributed by atoms with E-state index in [4.69, 9.17) is 5.73 Å². The van der Waals surface area contributed by atoms with Crippen molar-refractivity contribution < 1.29 is 18.0 Å². The summed E-state index contributed by atoms with van der Waals surface area (Å²) in [5.74, 6) is -0.378. The van der Waals surface area contributed by atoms with Crippen molar-refractivity contribution in [2.24, 2.45) is 11.1 Å². The Morgan fingerprint density at radius 2 is 2.00 bits per heavy atom. The first kappa shape index (κ1) is 15.5. The van der Waals surface area contributed by atoms with E-state index in [1.165, 1.54) is 12.1 Å². The smallest absolute Gasteiger partial charge is 0.329 e. The summed E-state index contributed by atoms with van der Waals surface area (Å²) in [4.78, 5) is 12.0. The summed E-state index contributed by atoms with van der Waals surface area (Å²) in [5, 5.41) is 2.48. The predicted molar refractivity (Wildman–Crippen MR) is 67.5 cm³/mol. The molecule has 1 rings (SSSR count). The zero-order valence-electron chi connectivity index (χ0n) is 10.8. The third-order valence-corrected chi connectivity index (χ3v) is 3.23. The van der Waals surface area contributed by atoms with Gasteiger partial charge in [0.15, 0.2) is 0 Å². The van der Waals surface area contributed by atoms with Crippen LogP contribution in [0.15, 0.2) is 24.3 Å². The van der Waals surface area contributed by atoms with Crippen LogP contribution >= 0.6 is 0 Å². The van der Waals surface area contributed by atoms with Crippen LogP contribution in [0.2, 0.25) is 0 Å². The van der Waals surface area contributed by atoms with Crippen LogP contribution in [-0.2, 0) is 11.0 Å². The molecule has 3 nitrogen and oxygen atoms in total. The molecule has 0 spiro atoms. The second-order valence-electron chi connectivity index (χ2n) is 4.65. The van der Waals surface area contributed by atoms with Crippen LogP contribution in [0.4, 0.5) is 18.9 Å². The maximum atomic E-state index is 12.5. The van der Waals surface area contributed by atoms with Gasteiger partial charge in [0.05, 0.1) is 11.0 Å². The van der Waals surface area contributed by atoms with E-state index >= 15 is 0 Å². The van der Waals surface area contributed by atoms with Gasteiger partial charge in [-0.1, -0.05) is 13.0 Å². The van der Waals surface area contributed by atoms with E-state index in [9.17, 15) is 18.0 Å². The second kappa shape index (κ2) is 5.61. The lowest BCUT2D eigenvalue weighted by atomic mass is 9.86. The van der Waals surface area contributed by atoms with Crippen molar-refractivity contribution in [1.82, 2.24) is 0 Å². The molecular formula is C13H17F3N2O. The van der Waals surface area contributed by atoms with Gasteiger partial charge >= 0.3 is 6.18 Å². The van der Waals surface area contributed by atoms with Crippen LogP contribution < -0.4 is 11.1 Å². The van der Waals surface area contributed by atoms with Gasteiger partial charge in [0.2, 0.25) is 5.91 Å². The molecular weight excluding hydrogens is 257 g/mol. The minimum Gasteiger partial charge on any atom is -0.329 e. The van der Waals surface area contributed by atoms with Crippen molar-refractivity contribution in [3.8, 4) is 0 Å². The van der Waals surface area contributed by atoms with Crippen molar-refractivity contribution >= 4 is 11.6 Å². The highest BCUT2D eigenvalue weighted by molar-refractivity contribution is 5.95. The molecule has 0 fully saturated rings. The lowest BCUT2D eigenvalue weighted by Gasteiger charge is -2.25. The molecule has 0 saturated heterocycles. The highest BCUT2D eigenvalue weighted by Gasteiger charge is 2.32. The number of rotatable bonds is 4. The van der Waals surface area contributed by atoms with E-state index in [1.54, 1.807) is 13.8 Å². The van der Waals surface area contributed by atoms with Gasteiger partial charge in [-0.05, 0) is 31.5 Å². The Balaban J connectivity index is 2.92. The monoisotopic (exact) mass is 274 g/mol. The molecule has 3 N–H and O–H groups in total. The molecule has 0 aliphatic heterocycles. The van der Waals surface area contributed by atoms with Crippen molar-refractivity contribution in [2.45, 2.75) is 26.4 Å². The molecule has 0 radical (unpaired) electrons. The molecule has 1 aromatic carbocycles. The van der Waals surface area contributed by atoms with Crippen LogP contribution in [0.5, 0.6) is 0 Å². The first-order chi connectivity index (χ1) is 8.73. The summed E-state index contributed by atoms with van der Waals surface area (Å²) in [6.07, 6.45) is -3.92. The Morgan fingerprint density at radius 3 is 2.47 bits per heavy atom. The minimum atomic E-state index is -4.43. The second-order valence-corrected chi connectivity index (χ2v) is 4.65. The number of alkyl halides is 3. The zero-order chi connectivity index (χ0) is 14.7. The van der Waals surface area contributed by atoms with Crippen LogP contribution in [0.3, 0.4) is 0 Å². The molecule has 0 bridgehead atoms. The maximum Gasteiger partial charge on any atom is 0.416 e. The lowest BCUT2D eigenvalue weighted by molar-refractivity contribution is -0.137. The van der Waals surface area contributed by atoms with Gasteiger partial charge in [-0.25, -0.2) is 0 Å². The molecule has 6 heteroatoms. The van der Waals surface area contributed by atoms with E-state index < -0.39 is 17.2 Å². The van der Waals surface area contributed by atoms with E-state index in [2.05, 4.69) is 5.32 Å². The maximum absolute atomic E-state index is 12.5. The van der Waals surface area contributed by atoms with Gasteiger partial charge < -0.3 is 11.1 Å². The molecule has 1 aromatic rings. The van der Waals surface area contributed by atoms with Gasteiger partial charge in [0.25, 0.3) is 0 Å². The molecule has 0 saturated carbocycles. The Bertz CT molecular complexity index is 453. The van der Waals surface area contributed by atoms with Crippen molar-refractivity contribution in [3.05, 3.63) is 29.8 Å². The fourth-order valence-corrected chi connectivity index (χ4v) is 1.45. The number of hydrogen-bond donors (Lipinski definition) is 2. The SMILES string of the molecule is CCC(C)(CN)C(=O)Nc1cccc(C(F)(F)F)c1. The minimum absolute atomic E-state index is 0.118. The van der Waals surface area contributed by atoms with Crippen LogP contribution in [0.1, 0.15) is 25.8 Å². The first-order valence-electron chi connectivity index (χ1n) is 5.91. The van der Waals surface area contributed by atoms with E-state index in [0.717, 1.165) is 12.1 Å². The Kier molecular flexibility index (Phi) is 4.57. The molecule has 0 aliphatic carbocycles. The van der Waals surface area contributed by atoms with Crippen molar-refractivity contribution in [1.29, 1.82) is 0 Å². The zero-order valence-corrected chi connectivity index (χ0v) is 10.8. The standard InChI is InChI=1S/C13H17F3N2O/c1-3-12(2,8-17)11(19)18-10-6-4-5-9(7-10)13(14,15)16/h4-7H,3,8,17H2,1-2H3,(H,18,19). The van der Waals surface area contributed by atoms with Crippen molar-refractivity contribution in [3.63, 3.8) is 0 Å². The summed E-state index contributed by atoms with van der Waals surface area (Å²) in [6.45, 7) is 3.61. The summed E-state index contributed by atoms with van der Waals surface area (Å²) < 4.78 is 37.6. The number of nitrogens with two attached hydrogens (primary N) is 1. The third kappa shape index (κ3) is 3.70. The van der Waals surface area contributed by atoms with Crippen LogP contribution in [0, 0.1) is 5.41 Å². The Morgan fingerprint density at radius 1 is 1.37 bits per heavy atom. The summed E-state index contributed by atoms with van der Waals surface area (Å²) in [5.41, 5.74) is 4.07. The number of anilines is 1. The number of carbonyl (C=O) groups excluding carboxylic acids is 1. The average molecular weight is 274 g/mol. The van der Waals surface area contributed by atoms with Gasteiger partial charge in [-0.15, -0.1) is 0 Å². The quantitative estimate of drug-likeness (QED) is 0.886. The predicted octanol–water partition coefficient (Wildman–Crippen LogP) is 3.02. The van der Waals surface area contributed by atoms with Crippen LogP contribution in [0.25, 0.3) is 0 Å². The number of hydrogen-bond acceptors (Lipinski definition) is 2. The van der Waals surface area contributed by atoms with E-state index in [0.29, 0.717) is 6.42 Å². The topological polar surface area (TPSA) is 55.1 Å². The molecule has 0 aromatic heterocycles. The van der Waals surface area contributed by atoms with Gasteiger partial charge in [0, 0.05) is 12.2 Å². The fourth-order valence-electron chi connectivity index (χ4n) is 1.45. The Hall–Kier alpha value is -1.56. The highest BCUT2D eigenvalue weighted by atomic mass is 19.4. The molecule has 1 unspecified atom stereocenters. The molecule has 19 heavy (non-hydrogen) atoms. The van der Waals surface area contributed by atoms with Crippen molar-refractivity contribution in [2.75, 3.05) is 11.9 Å². The van der Waals surface area contributed by atoms with E-state index in [1.807, 2.05) is 0 Å². The fraction of sp³-hybridized carbons (Fsp3) is 0.462. The first-order valence-corrected chi connectivity index (χ1v) is 5.91. The highest BCUT2D eigenvalue weighted by Crippen LogP contribution is 2.31. The number of amides is 1. The number of nitrogens with one attached hydrogen (secondary N) is 1. The largest absolute Gasteiger partial charge is 0.416 e. The third-order valence-electron chi connectivity index (χ3n) is 3.23. The molecule has 1 amide bonds.